The van der Waals surface area contributed by atoms with Crippen molar-refractivity contribution in [1.29, 1.82) is 0 Å². The third kappa shape index (κ3) is 3.06. The summed E-state index contributed by atoms with van der Waals surface area (Å²) in [5, 5.41) is 13.5. The number of benzene rings is 1. The van der Waals surface area contributed by atoms with E-state index in [4.69, 9.17) is 0 Å². The van der Waals surface area contributed by atoms with Crippen LogP contribution in [0.4, 0.5) is 23.3 Å². The maximum absolute atomic E-state index is 4.55. The predicted molar refractivity (Wildman–Crippen MR) is 87.8 cm³/mol. The number of para-hydroxylation sites is 1. The van der Waals surface area contributed by atoms with E-state index in [0.717, 1.165) is 34.3 Å². The summed E-state index contributed by atoms with van der Waals surface area (Å²) in [4.78, 5) is 9.03. The van der Waals surface area contributed by atoms with Crippen LogP contribution in [0.5, 0.6) is 0 Å². The van der Waals surface area contributed by atoms with Gasteiger partial charge in [0.1, 0.15) is 5.82 Å². The van der Waals surface area contributed by atoms with Crippen molar-refractivity contribution >= 4 is 23.3 Å². The van der Waals surface area contributed by atoms with Crippen molar-refractivity contribution in [1.82, 2.24) is 20.2 Å². The molecular weight excluding hydrogens is 276 g/mol. The Balaban J connectivity index is 1.89. The van der Waals surface area contributed by atoms with Crippen molar-refractivity contribution < 1.29 is 0 Å². The fraction of sp³-hybridized carbons (Fsp3) is 0.188. The maximum Gasteiger partial charge on any atom is 0.229 e. The highest BCUT2D eigenvalue weighted by Gasteiger charge is 2.10. The second kappa shape index (κ2) is 5.85. The smallest absolute Gasteiger partial charge is 0.229 e. The second-order valence-corrected chi connectivity index (χ2v) is 5.16. The van der Waals surface area contributed by atoms with Gasteiger partial charge in [-0.25, -0.2) is 4.98 Å². The Bertz CT molecular complexity index is 779. The first-order chi connectivity index (χ1) is 10.6. The van der Waals surface area contributed by atoms with E-state index < -0.39 is 0 Å². The molecule has 0 amide bonds. The minimum absolute atomic E-state index is 0.559. The lowest BCUT2D eigenvalue weighted by Crippen LogP contribution is -2.05. The molecule has 0 radical (unpaired) electrons. The standard InChI is InChI=1S/C16H18N6/c1-10-9-14(22-21-10)19-15-11(2)12(3)17-16(20-15)18-13-7-5-4-6-8-13/h4-9H,1-3H3,(H3,17,18,19,20,21,22). The Morgan fingerprint density at radius 2 is 1.73 bits per heavy atom. The van der Waals surface area contributed by atoms with E-state index in [9.17, 15) is 0 Å². The number of anilines is 4. The molecule has 0 bridgehead atoms. The molecule has 112 valence electrons. The molecule has 22 heavy (non-hydrogen) atoms. The lowest BCUT2D eigenvalue weighted by Gasteiger charge is -2.12. The summed E-state index contributed by atoms with van der Waals surface area (Å²) < 4.78 is 0. The highest BCUT2D eigenvalue weighted by Crippen LogP contribution is 2.22. The van der Waals surface area contributed by atoms with Crippen LogP contribution in [0.25, 0.3) is 0 Å². The number of hydrogen-bond acceptors (Lipinski definition) is 5. The van der Waals surface area contributed by atoms with Crippen LogP contribution in [0, 0.1) is 20.8 Å². The number of hydrogen-bond donors (Lipinski definition) is 3. The van der Waals surface area contributed by atoms with Crippen LogP contribution in [-0.2, 0) is 0 Å². The molecule has 2 aromatic heterocycles. The summed E-state index contributed by atoms with van der Waals surface area (Å²) in [5.41, 5.74) is 3.86. The summed E-state index contributed by atoms with van der Waals surface area (Å²) in [7, 11) is 0. The van der Waals surface area contributed by atoms with Crippen LogP contribution in [-0.4, -0.2) is 20.2 Å². The monoisotopic (exact) mass is 294 g/mol. The van der Waals surface area contributed by atoms with Gasteiger partial charge in [0.2, 0.25) is 5.95 Å². The molecule has 0 saturated carbocycles. The van der Waals surface area contributed by atoms with E-state index in [2.05, 4.69) is 30.8 Å². The third-order valence-corrected chi connectivity index (χ3v) is 3.37. The van der Waals surface area contributed by atoms with Crippen molar-refractivity contribution in [2.24, 2.45) is 0 Å². The molecule has 2 heterocycles. The predicted octanol–water partition coefficient (Wildman–Crippen LogP) is 3.61. The first-order valence-electron chi connectivity index (χ1n) is 7.08. The molecule has 0 saturated heterocycles. The molecule has 0 aliphatic rings. The van der Waals surface area contributed by atoms with E-state index in [1.54, 1.807) is 0 Å². The Hall–Kier alpha value is -2.89. The molecule has 3 aromatic rings. The van der Waals surface area contributed by atoms with Crippen molar-refractivity contribution in [3.8, 4) is 0 Å². The highest BCUT2D eigenvalue weighted by molar-refractivity contribution is 5.61. The van der Waals surface area contributed by atoms with Crippen molar-refractivity contribution in [3.05, 3.63) is 53.3 Å². The van der Waals surface area contributed by atoms with Gasteiger partial charge in [-0.05, 0) is 32.9 Å². The molecule has 0 aliphatic heterocycles. The van der Waals surface area contributed by atoms with Crippen LogP contribution in [0.1, 0.15) is 17.0 Å². The summed E-state index contributed by atoms with van der Waals surface area (Å²) in [6.07, 6.45) is 0. The zero-order valence-electron chi connectivity index (χ0n) is 12.8. The molecule has 1 aromatic carbocycles. The second-order valence-electron chi connectivity index (χ2n) is 5.16. The topological polar surface area (TPSA) is 78.5 Å². The van der Waals surface area contributed by atoms with Gasteiger partial charge in [-0.15, -0.1) is 0 Å². The third-order valence-electron chi connectivity index (χ3n) is 3.37. The molecule has 0 fully saturated rings. The Morgan fingerprint density at radius 3 is 2.41 bits per heavy atom. The Kier molecular flexibility index (Phi) is 3.74. The van der Waals surface area contributed by atoms with Crippen LogP contribution in [0.3, 0.4) is 0 Å². The van der Waals surface area contributed by atoms with Crippen molar-refractivity contribution in [2.45, 2.75) is 20.8 Å². The van der Waals surface area contributed by atoms with Crippen LogP contribution in [0.2, 0.25) is 0 Å². The summed E-state index contributed by atoms with van der Waals surface area (Å²) in [6, 6.07) is 11.8. The van der Waals surface area contributed by atoms with E-state index in [-0.39, 0.29) is 0 Å². The average molecular weight is 294 g/mol. The molecule has 3 rings (SSSR count). The number of nitrogens with zero attached hydrogens (tertiary/aromatic N) is 3. The molecule has 6 nitrogen and oxygen atoms in total. The van der Waals surface area contributed by atoms with E-state index >= 15 is 0 Å². The molecule has 3 N–H and O–H groups in total. The number of rotatable bonds is 4. The summed E-state index contributed by atoms with van der Waals surface area (Å²) in [5.74, 6) is 2.05. The van der Waals surface area contributed by atoms with Crippen LogP contribution >= 0.6 is 0 Å². The molecular formula is C16H18N6. The van der Waals surface area contributed by atoms with Gasteiger partial charge in [-0.1, -0.05) is 18.2 Å². The fourth-order valence-corrected chi connectivity index (χ4v) is 2.06. The minimum atomic E-state index is 0.559. The normalized spacial score (nSPS) is 10.5. The van der Waals surface area contributed by atoms with Gasteiger partial charge in [-0.2, -0.15) is 10.1 Å². The van der Waals surface area contributed by atoms with Crippen molar-refractivity contribution in [2.75, 3.05) is 10.6 Å². The quantitative estimate of drug-likeness (QED) is 0.685. The summed E-state index contributed by atoms with van der Waals surface area (Å²) in [6.45, 7) is 5.91. The molecule has 0 unspecified atom stereocenters. The SMILES string of the molecule is Cc1cc(Nc2nc(Nc3ccccc3)nc(C)c2C)n[nH]1. The molecule has 0 atom stereocenters. The van der Waals surface area contributed by atoms with Crippen LogP contribution < -0.4 is 10.6 Å². The van der Waals surface area contributed by atoms with Gasteiger partial charge >= 0.3 is 0 Å². The number of nitrogens with one attached hydrogen (secondary N) is 3. The number of aromatic nitrogens is 4. The Morgan fingerprint density at radius 1 is 0.955 bits per heavy atom. The largest absolute Gasteiger partial charge is 0.324 e. The zero-order chi connectivity index (χ0) is 15.5. The van der Waals surface area contributed by atoms with Gasteiger partial charge in [0.15, 0.2) is 5.82 Å². The lowest BCUT2D eigenvalue weighted by atomic mass is 10.2. The van der Waals surface area contributed by atoms with E-state index in [1.807, 2.05) is 57.2 Å². The first-order valence-corrected chi connectivity index (χ1v) is 7.08. The number of aromatic amines is 1. The minimum Gasteiger partial charge on any atom is -0.324 e. The van der Waals surface area contributed by atoms with Gasteiger partial charge in [0, 0.05) is 28.7 Å². The van der Waals surface area contributed by atoms with Gasteiger partial charge in [0.05, 0.1) is 0 Å². The highest BCUT2D eigenvalue weighted by atomic mass is 15.2. The first kappa shape index (κ1) is 14.1. The van der Waals surface area contributed by atoms with Crippen molar-refractivity contribution in [3.63, 3.8) is 0 Å². The fourth-order valence-electron chi connectivity index (χ4n) is 2.06. The van der Waals surface area contributed by atoms with Gasteiger partial charge < -0.3 is 10.6 Å². The van der Waals surface area contributed by atoms with Gasteiger partial charge in [-0.3, -0.25) is 5.10 Å². The number of aryl methyl sites for hydroxylation is 2. The average Bonchev–Trinajstić information content (AvgIpc) is 2.90. The zero-order valence-corrected chi connectivity index (χ0v) is 12.8. The van der Waals surface area contributed by atoms with Gasteiger partial charge in [0.25, 0.3) is 0 Å². The molecule has 0 aliphatic carbocycles. The Labute approximate surface area is 129 Å². The molecule has 6 heteroatoms. The summed E-state index contributed by atoms with van der Waals surface area (Å²) >= 11 is 0. The molecule has 0 spiro atoms. The van der Waals surface area contributed by atoms with Crippen LogP contribution in [0.15, 0.2) is 36.4 Å². The maximum atomic E-state index is 4.55. The lowest BCUT2D eigenvalue weighted by molar-refractivity contribution is 1.04. The number of H-pyrrole nitrogens is 1. The van der Waals surface area contributed by atoms with E-state index in [1.165, 1.54) is 0 Å². The van der Waals surface area contributed by atoms with E-state index in [0.29, 0.717) is 5.95 Å².